The van der Waals surface area contributed by atoms with Gasteiger partial charge in [0, 0.05) is 12.1 Å². The first-order valence-electron chi connectivity index (χ1n) is 8.02. The maximum atomic E-state index is 12.1. The van der Waals surface area contributed by atoms with Crippen molar-refractivity contribution in [1.82, 2.24) is 14.8 Å². The molecule has 0 N–H and O–H groups in total. The van der Waals surface area contributed by atoms with E-state index in [1.165, 1.54) is 11.8 Å². The SMILES string of the molecule is CCOC(=O)C(Sc1nnc(COc2ccc(Cl)cc2)n1C)C(C)C. The van der Waals surface area contributed by atoms with Gasteiger partial charge in [0.25, 0.3) is 0 Å². The van der Waals surface area contributed by atoms with Crippen molar-refractivity contribution in [2.45, 2.75) is 37.8 Å². The first kappa shape index (κ1) is 19.6. The number of carbonyl (C=O) groups excluding carboxylic acids is 1. The Morgan fingerprint density at radius 3 is 2.56 bits per heavy atom. The number of hydrogen-bond donors (Lipinski definition) is 0. The number of thioether (sulfide) groups is 1. The van der Waals surface area contributed by atoms with Crippen LogP contribution in [0.25, 0.3) is 0 Å². The predicted octanol–water partition coefficient (Wildman–Crippen LogP) is 3.73. The lowest BCUT2D eigenvalue weighted by Gasteiger charge is -2.17. The summed E-state index contributed by atoms with van der Waals surface area (Å²) in [4.78, 5) is 12.1. The van der Waals surface area contributed by atoms with E-state index in [-0.39, 0.29) is 23.7 Å². The summed E-state index contributed by atoms with van der Waals surface area (Å²) >= 11 is 7.21. The average Bonchev–Trinajstić information content (AvgIpc) is 2.92. The summed E-state index contributed by atoms with van der Waals surface area (Å²) in [5.74, 6) is 1.26. The molecule has 0 fully saturated rings. The van der Waals surface area contributed by atoms with Crippen LogP contribution in [0, 0.1) is 5.92 Å². The van der Waals surface area contributed by atoms with Crippen LogP contribution >= 0.6 is 23.4 Å². The number of carbonyl (C=O) groups is 1. The van der Waals surface area contributed by atoms with Gasteiger partial charge in [-0.3, -0.25) is 4.79 Å². The maximum Gasteiger partial charge on any atom is 0.319 e. The lowest BCUT2D eigenvalue weighted by Crippen LogP contribution is -2.26. The Labute approximate surface area is 156 Å². The lowest BCUT2D eigenvalue weighted by atomic mass is 10.1. The Kier molecular flexibility index (Phi) is 7.13. The molecule has 0 bridgehead atoms. The molecular formula is C17H22ClN3O3S. The third-order valence-electron chi connectivity index (χ3n) is 3.46. The number of rotatable bonds is 8. The molecule has 25 heavy (non-hydrogen) atoms. The van der Waals surface area contributed by atoms with Crippen LogP contribution in [0.3, 0.4) is 0 Å². The monoisotopic (exact) mass is 383 g/mol. The van der Waals surface area contributed by atoms with Crippen molar-refractivity contribution in [2.75, 3.05) is 6.61 Å². The third kappa shape index (κ3) is 5.37. The molecule has 1 atom stereocenters. The summed E-state index contributed by atoms with van der Waals surface area (Å²) in [6.07, 6.45) is 0. The summed E-state index contributed by atoms with van der Waals surface area (Å²) in [6.45, 7) is 6.40. The smallest absolute Gasteiger partial charge is 0.319 e. The highest BCUT2D eigenvalue weighted by Gasteiger charge is 2.27. The van der Waals surface area contributed by atoms with E-state index in [2.05, 4.69) is 10.2 Å². The van der Waals surface area contributed by atoms with Crippen molar-refractivity contribution in [2.24, 2.45) is 13.0 Å². The van der Waals surface area contributed by atoms with Crippen molar-refractivity contribution < 1.29 is 14.3 Å². The van der Waals surface area contributed by atoms with Gasteiger partial charge in [-0.1, -0.05) is 37.2 Å². The summed E-state index contributed by atoms with van der Waals surface area (Å²) in [5, 5.41) is 9.31. The van der Waals surface area contributed by atoms with Crippen LogP contribution < -0.4 is 4.74 Å². The van der Waals surface area contributed by atoms with Crippen LogP contribution in [0.1, 0.15) is 26.6 Å². The number of ether oxygens (including phenoxy) is 2. The van der Waals surface area contributed by atoms with E-state index in [1.807, 2.05) is 25.5 Å². The van der Waals surface area contributed by atoms with Gasteiger partial charge in [0.15, 0.2) is 11.0 Å². The van der Waals surface area contributed by atoms with Crippen molar-refractivity contribution in [1.29, 1.82) is 0 Å². The Morgan fingerprint density at radius 2 is 1.96 bits per heavy atom. The second-order valence-electron chi connectivity index (χ2n) is 5.73. The van der Waals surface area contributed by atoms with Gasteiger partial charge in [-0.05, 0) is 37.1 Å². The topological polar surface area (TPSA) is 66.2 Å². The number of halogens is 1. The minimum Gasteiger partial charge on any atom is -0.486 e. The molecule has 1 aromatic carbocycles. The molecule has 6 nitrogen and oxygen atoms in total. The standard InChI is InChI=1S/C17H22ClN3O3S/c1-5-23-16(22)15(11(2)3)25-17-20-19-14(21(17)4)10-24-13-8-6-12(18)7-9-13/h6-9,11,15H,5,10H2,1-4H3. The number of nitrogens with zero attached hydrogens (tertiary/aromatic N) is 3. The fraction of sp³-hybridized carbons (Fsp3) is 0.471. The number of esters is 1. The Bertz CT molecular complexity index is 704. The Balaban J connectivity index is 2.03. The summed E-state index contributed by atoms with van der Waals surface area (Å²) in [5.41, 5.74) is 0. The molecule has 0 aliphatic carbocycles. The first-order valence-corrected chi connectivity index (χ1v) is 9.28. The van der Waals surface area contributed by atoms with Gasteiger partial charge in [-0.25, -0.2) is 0 Å². The van der Waals surface area contributed by atoms with Crippen LogP contribution in [0.15, 0.2) is 29.4 Å². The molecule has 2 aromatic rings. The largest absolute Gasteiger partial charge is 0.486 e. The summed E-state index contributed by atoms with van der Waals surface area (Å²) < 4.78 is 12.7. The van der Waals surface area contributed by atoms with Crippen LogP contribution in [0.5, 0.6) is 5.75 Å². The third-order valence-corrected chi connectivity index (χ3v) is 5.27. The first-order chi connectivity index (χ1) is 11.9. The van der Waals surface area contributed by atoms with E-state index in [9.17, 15) is 4.79 Å². The lowest BCUT2D eigenvalue weighted by molar-refractivity contribution is -0.143. The molecule has 8 heteroatoms. The van der Waals surface area contributed by atoms with Crippen LogP contribution in [-0.4, -0.2) is 32.6 Å². The molecule has 0 saturated heterocycles. The maximum absolute atomic E-state index is 12.1. The van der Waals surface area contributed by atoms with E-state index in [0.717, 1.165) is 0 Å². The van der Waals surface area contributed by atoms with Crippen molar-refractivity contribution in [3.05, 3.63) is 35.1 Å². The molecule has 0 radical (unpaired) electrons. The van der Waals surface area contributed by atoms with Gasteiger partial charge in [0.05, 0.1) is 6.61 Å². The van der Waals surface area contributed by atoms with Crippen LogP contribution in [-0.2, 0) is 23.2 Å². The quantitative estimate of drug-likeness (QED) is 0.511. The van der Waals surface area contributed by atoms with Gasteiger partial charge >= 0.3 is 5.97 Å². The van der Waals surface area contributed by atoms with Crippen molar-refractivity contribution in [3.63, 3.8) is 0 Å². The minimum absolute atomic E-state index is 0.120. The molecular weight excluding hydrogens is 362 g/mol. The Hall–Kier alpha value is -1.73. The highest BCUT2D eigenvalue weighted by molar-refractivity contribution is 8.00. The van der Waals surface area contributed by atoms with Gasteiger partial charge in [-0.15, -0.1) is 10.2 Å². The molecule has 0 aliphatic rings. The summed E-state index contributed by atoms with van der Waals surface area (Å²) in [7, 11) is 1.85. The molecule has 136 valence electrons. The highest BCUT2D eigenvalue weighted by atomic mass is 35.5. The number of hydrogen-bond acceptors (Lipinski definition) is 6. The van der Waals surface area contributed by atoms with E-state index >= 15 is 0 Å². The van der Waals surface area contributed by atoms with Crippen LogP contribution in [0.2, 0.25) is 5.02 Å². The molecule has 0 aliphatic heterocycles. The Morgan fingerprint density at radius 1 is 1.28 bits per heavy atom. The molecule has 1 unspecified atom stereocenters. The van der Waals surface area contributed by atoms with Gasteiger partial charge in [0.1, 0.15) is 17.6 Å². The molecule has 0 amide bonds. The predicted molar refractivity (Wildman–Crippen MR) is 97.9 cm³/mol. The fourth-order valence-corrected chi connectivity index (χ4v) is 3.19. The minimum atomic E-state index is -0.326. The normalized spacial score (nSPS) is 12.2. The van der Waals surface area contributed by atoms with E-state index in [0.29, 0.717) is 28.4 Å². The van der Waals surface area contributed by atoms with Gasteiger partial charge in [-0.2, -0.15) is 0 Å². The molecule has 1 heterocycles. The number of benzene rings is 1. The van der Waals surface area contributed by atoms with Crippen molar-refractivity contribution in [3.8, 4) is 5.75 Å². The zero-order valence-corrected chi connectivity index (χ0v) is 16.3. The van der Waals surface area contributed by atoms with Crippen molar-refractivity contribution >= 4 is 29.3 Å². The van der Waals surface area contributed by atoms with Gasteiger partial charge < -0.3 is 14.0 Å². The van der Waals surface area contributed by atoms with Gasteiger partial charge in [0.2, 0.25) is 0 Å². The molecule has 2 rings (SSSR count). The fourth-order valence-electron chi connectivity index (χ4n) is 2.05. The molecule has 1 aromatic heterocycles. The van der Waals surface area contributed by atoms with E-state index < -0.39 is 0 Å². The zero-order valence-electron chi connectivity index (χ0n) is 14.7. The summed E-state index contributed by atoms with van der Waals surface area (Å²) in [6, 6.07) is 7.12. The van der Waals surface area contributed by atoms with E-state index in [1.54, 1.807) is 31.2 Å². The average molecular weight is 384 g/mol. The van der Waals surface area contributed by atoms with E-state index in [4.69, 9.17) is 21.1 Å². The van der Waals surface area contributed by atoms with Crippen LogP contribution in [0.4, 0.5) is 0 Å². The number of aromatic nitrogens is 3. The molecule has 0 saturated carbocycles. The second kappa shape index (κ2) is 9.10. The highest BCUT2D eigenvalue weighted by Crippen LogP contribution is 2.28. The molecule has 0 spiro atoms. The second-order valence-corrected chi connectivity index (χ2v) is 7.28. The zero-order chi connectivity index (χ0) is 18.4.